The lowest BCUT2D eigenvalue weighted by molar-refractivity contribution is -0.109. The average molecular weight is 298 g/mol. The summed E-state index contributed by atoms with van der Waals surface area (Å²) < 4.78 is 16.3. The highest BCUT2D eigenvalue weighted by molar-refractivity contribution is 5.63. The highest BCUT2D eigenvalue weighted by Crippen LogP contribution is 2.32. The fourth-order valence-electron chi connectivity index (χ4n) is 2.59. The van der Waals surface area contributed by atoms with Crippen molar-refractivity contribution in [1.29, 1.82) is 0 Å². The van der Waals surface area contributed by atoms with Crippen LogP contribution in [-0.4, -0.2) is 26.6 Å². The van der Waals surface area contributed by atoms with Crippen molar-refractivity contribution in [3.63, 3.8) is 0 Å². The fraction of sp³-hybridized carbons (Fsp3) is 0.278. The van der Waals surface area contributed by atoms with E-state index in [1.807, 2.05) is 42.5 Å². The van der Waals surface area contributed by atoms with Crippen LogP contribution >= 0.6 is 0 Å². The highest BCUT2D eigenvalue weighted by atomic mass is 16.6. The topological polar surface area (TPSA) is 44.8 Å². The summed E-state index contributed by atoms with van der Waals surface area (Å²) in [7, 11) is 1.62. The average Bonchev–Trinajstić information content (AvgIpc) is 2.59. The number of ether oxygens (including phenoxy) is 3. The first-order valence-corrected chi connectivity index (χ1v) is 7.28. The normalized spacial score (nSPS) is 14.2. The third kappa shape index (κ3) is 3.06. The first-order valence-electron chi connectivity index (χ1n) is 7.28. The number of hydrogen-bond donors (Lipinski definition) is 0. The van der Waals surface area contributed by atoms with Gasteiger partial charge in [0.1, 0.15) is 25.2 Å². The molecule has 1 aliphatic heterocycles. The second-order valence-corrected chi connectivity index (χ2v) is 5.20. The van der Waals surface area contributed by atoms with E-state index in [1.54, 1.807) is 7.11 Å². The molecular weight excluding hydrogens is 280 g/mol. The van der Waals surface area contributed by atoms with E-state index in [0.717, 1.165) is 34.7 Å². The predicted octanol–water partition coefficient (Wildman–Crippen LogP) is 2.99. The second kappa shape index (κ2) is 6.52. The Labute approximate surface area is 129 Å². The zero-order valence-corrected chi connectivity index (χ0v) is 12.5. The largest absolute Gasteiger partial charge is 0.497 e. The number of rotatable bonds is 5. The number of methoxy groups -OCH3 is 1. The molecule has 4 heteroatoms. The summed E-state index contributed by atoms with van der Waals surface area (Å²) in [5.41, 5.74) is 1.99. The third-order valence-electron chi connectivity index (χ3n) is 3.75. The Balaban J connectivity index is 1.81. The van der Waals surface area contributed by atoms with Gasteiger partial charge in [0.15, 0.2) is 11.5 Å². The van der Waals surface area contributed by atoms with E-state index in [2.05, 4.69) is 0 Å². The quantitative estimate of drug-likeness (QED) is 0.796. The van der Waals surface area contributed by atoms with Crippen LogP contribution in [0.4, 0.5) is 0 Å². The summed E-state index contributed by atoms with van der Waals surface area (Å²) in [6, 6.07) is 13.4. The first kappa shape index (κ1) is 14.4. The summed E-state index contributed by atoms with van der Waals surface area (Å²) >= 11 is 0. The molecule has 1 heterocycles. The molecule has 0 saturated carbocycles. The number of carbonyl (C=O) groups is 1. The molecule has 1 atom stereocenters. The summed E-state index contributed by atoms with van der Waals surface area (Å²) in [6.45, 7) is 1.14. The molecule has 3 rings (SSSR count). The van der Waals surface area contributed by atoms with Crippen molar-refractivity contribution in [3.05, 3.63) is 53.6 Å². The molecule has 2 aromatic rings. The molecule has 0 bridgehead atoms. The van der Waals surface area contributed by atoms with E-state index in [4.69, 9.17) is 14.2 Å². The van der Waals surface area contributed by atoms with Gasteiger partial charge in [-0.15, -0.1) is 0 Å². The Morgan fingerprint density at radius 2 is 1.95 bits per heavy atom. The molecule has 22 heavy (non-hydrogen) atoms. The minimum atomic E-state index is -0.211. The zero-order chi connectivity index (χ0) is 15.4. The highest BCUT2D eigenvalue weighted by Gasteiger charge is 2.16. The van der Waals surface area contributed by atoms with Gasteiger partial charge in [-0.2, -0.15) is 0 Å². The van der Waals surface area contributed by atoms with E-state index in [9.17, 15) is 4.79 Å². The van der Waals surface area contributed by atoms with Crippen LogP contribution in [0, 0.1) is 0 Å². The number of benzene rings is 2. The number of hydrogen-bond acceptors (Lipinski definition) is 4. The van der Waals surface area contributed by atoms with Crippen molar-refractivity contribution in [1.82, 2.24) is 0 Å². The smallest absolute Gasteiger partial charge is 0.161 e. The van der Waals surface area contributed by atoms with E-state index in [-0.39, 0.29) is 5.92 Å². The molecule has 1 aliphatic rings. The Bertz CT molecular complexity index is 666. The molecule has 2 aromatic carbocycles. The van der Waals surface area contributed by atoms with Gasteiger partial charge in [0.2, 0.25) is 0 Å². The lowest BCUT2D eigenvalue weighted by Gasteiger charge is -2.19. The monoisotopic (exact) mass is 298 g/mol. The van der Waals surface area contributed by atoms with Crippen molar-refractivity contribution in [2.45, 2.75) is 12.3 Å². The molecule has 114 valence electrons. The van der Waals surface area contributed by atoms with Gasteiger partial charge in [-0.05, 0) is 41.8 Å². The van der Waals surface area contributed by atoms with Crippen LogP contribution < -0.4 is 14.2 Å². The van der Waals surface area contributed by atoms with Gasteiger partial charge in [0.25, 0.3) is 0 Å². The molecular formula is C18H18O4. The Hall–Kier alpha value is -2.49. The Kier molecular flexibility index (Phi) is 4.28. The molecule has 0 amide bonds. The van der Waals surface area contributed by atoms with E-state index >= 15 is 0 Å². The van der Waals surface area contributed by atoms with Gasteiger partial charge in [-0.1, -0.05) is 18.2 Å². The van der Waals surface area contributed by atoms with Crippen LogP contribution in [-0.2, 0) is 11.2 Å². The van der Waals surface area contributed by atoms with Gasteiger partial charge in [0, 0.05) is 5.92 Å². The second-order valence-electron chi connectivity index (χ2n) is 5.20. The molecule has 0 aromatic heterocycles. The minimum absolute atomic E-state index is 0.211. The van der Waals surface area contributed by atoms with Crippen molar-refractivity contribution in [2.75, 3.05) is 20.3 Å². The van der Waals surface area contributed by atoms with Crippen LogP contribution in [0.3, 0.4) is 0 Å². The van der Waals surface area contributed by atoms with Gasteiger partial charge in [-0.3, -0.25) is 0 Å². The fourth-order valence-corrected chi connectivity index (χ4v) is 2.59. The van der Waals surface area contributed by atoms with Crippen LogP contribution in [0.2, 0.25) is 0 Å². The summed E-state index contributed by atoms with van der Waals surface area (Å²) in [5, 5.41) is 0. The number of aldehydes is 1. The minimum Gasteiger partial charge on any atom is -0.497 e. The van der Waals surface area contributed by atoms with Gasteiger partial charge in [-0.25, -0.2) is 0 Å². The van der Waals surface area contributed by atoms with E-state index < -0.39 is 0 Å². The third-order valence-corrected chi connectivity index (χ3v) is 3.75. The number of carbonyl (C=O) groups excluding carboxylic acids is 1. The predicted molar refractivity (Wildman–Crippen MR) is 82.9 cm³/mol. The zero-order valence-electron chi connectivity index (χ0n) is 12.5. The number of fused-ring (bicyclic) bond motifs is 1. The lowest BCUT2D eigenvalue weighted by Crippen LogP contribution is -2.15. The molecule has 0 saturated heterocycles. The maximum atomic E-state index is 11.5. The molecule has 0 fully saturated rings. The SMILES string of the molecule is COc1cccc(C(C=O)Cc2ccc3c(c2)OCCO3)c1. The summed E-state index contributed by atoms with van der Waals surface area (Å²) in [5.74, 6) is 2.06. The molecule has 0 N–H and O–H groups in total. The molecule has 0 spiro atoms. The van der Waals surface area contributed by atoms with Gasteiger partial charge in [0.05, 0.1) is 7.11 Å². The van der Waals surface area contributed by atoms with Crippen LogP contribution in [0.15, 0.2) is 42.5 Å². The molecule has 4 nitrogen and oxygen atoms in total. The van der Waals surface area contributed by atoms with Crippen LogP contribution in [0.25, 0.3) is 0 Å². The Morgan fingerprint density at radius 3 is 2.73 bits per heavy atom. The standard InChI is InChI=1S/C18H18O4/c1-20-16-4-2-3-14(11-16)15(12-19)9-13-5-6-17-18(10-13)22-8-7-21-17/h2-6,10-12,15H,7-9H2,1H3. The van der Waals surface area contributed by atoms with Crippen LogP contribution in [0.5, 0.6) is 17.2 Å². The lowest BCUT2D eigenvalue weighted by atomic mass is 9.93. The van der Waals surface area contributed by atoms with E-state index in [0.29, 0.717) is 19.6 Å². The first-order chi connectivity index (χ1) is 10.8. The van der Waals surface area contributed by atoms with Crippen molar-refractivity contribution in [2.24, 2.45) is 0 Å². The van der Waals surface area contributed by atoms with Gasteiger partial charge >= 0.3 is 0 Å². The van der Waals surface area contributed by atoms with Crippen LogP contribution in [0.1, 0.15) is 17.0 Å². The van der Waals surface area contributed by atoms with Crippen molar-refractivity contribution >= 4 is 6.29 Å². The van der Waals surface area contributed by atoms with Gasteiger partial charge < -0.3 is 19.0 Å². The molecule has 0 aliphatic carbocycles. The van der Waals surface area contributed by atoms with Crippen molar-refractivity contribution in [3.8, 4) is 17.2 Å². The molecule has 0 radical (unpaired) electrons. The maximum Gasteiger partial charge on any atom is 0.161 e. The van der Waals surface area contributed by atoms with Crippen molar-refractivity contribution < 1.29 is 19.0 Å². The summed E-state index contributed by atoms with van der Waals surface area (Å²) in [4.78, 5) is 11.5. The Morgan fingerprint density at radius 1 is 1.14 bits per heavy atom. The summed E-state index contributed by atoms with van der Waals surface area (Å²) in [6.07, 6.45) is 1.60. The molecule has 1 unspecified atom stereocenters. The van der Waals surface area contributed by atoms with E-state index in [1.165, 1.54) is 0 Å². The maximum absolute atomic E-state index is 11.5.